The maximum absolute atomic E-state index is 12.0. The number of aliphatic carboxylic acids is 1. The van der Waals surface area contributed by atoms with Gasteiger partial charge in [-0.15, -0.1) is 0 Å². The lowest BCUT2D eigenvalue weighted by atomic mass is 10.1. The average molecular weight is 319 g/mol. The zero-order valence-electron chi connectivity index (χ0n) is 11.7. The monoisotopic (exact) mass is 319 g/mol. The van der Waals surface area contributed by atoms with Crippen LogP contribution in [-0.2, 0) is 14.8 Å². The molecule has 0 aromatic rings. The number of carboxylic acid groups (broad SMARTS) is 1. The molecule has 0 aliphatic heterocycles. The van der Waals surface area contributed by atoms with Crippen LogP contribution in [0.4, 0.5) is 13.2 Å². The van der Waals surface area contributed by atoms with E-state index in [4.69, 9.17) is 5.11 Å². The molecule has 0 aromatic heterocycles. The molecule has 0 unspecified atom stereocenters. The lowest BCUT2D eigenvalue weighted by Gasteiger charge is -2.34. The Hall–Kier alpha value is -0.830. The summed E-state index contributed by atoms with van der Waals surface area (Å²) < 4.78 is 61.1. The van der Waals surface area contributed by atoms with Crippen molar-refractivity contribution in [2.24, 2.45) is 0 Å². The summed E-state index contributed by atoms with van der Waals surface area (Å²) >= 11 is 0. The molecule has 20 heavy (non-hydrogen) atoms. The van der Waals surface area contributed by atoms with Crippen molar-refractivity contribution in [2.75, 3.05) is 12.3 Å². The fourth-order valence-corrected chi connectivity index (χ4v) is 3.59. The molecule has 0 amide bonds. The van der Waals surface area contributed by atoms with E-state index in [0.717, 1.165) is 4.31 Å². The van der Waals surface area contributed by atoms with Gasteiger partial charge in [0.25, 0.3) is 0 Å². The van der Waals surface area contributed by atoms with Gasteiger partial charge in [-0.1, -0.05) is 0 Å². The molecule has 0 heterocycles. The molecular weight excluding hydrogens is 299 g/mol. The number of halogens is 3. The molecule has 0 fully saturated rings. The molecule has 5 nitrogen and oxygen atoms in total. The highest BCUT2D eigenvalue weighted by atomic mass is 32.2. The minimum atomic E-state index is -4.40. The van der Waals surface area contributed by atoms with E-state index < -0.39 is 52.7 Å². The molecule has 120 valence electrons. The Balaban J connectivity index is 4.83. The van der Waals surface area contributed by atoms with E-state index in [2.05, 4.69) is 0 Å². The summed E-state index contributed by atoms with van der Waals surface area (Å²) in [6.45, 7) is 4.44. The summed E-state index contributed by atoms with van der Waals surface area (Å²) in [4.78, 5) is 10.5. The molecule has 0 radical (unpaired) electrons. The highest BCUT2D eigenvalue weighted by Crippen LogP contribution is 2.24. The van der Waals surface area contributed by atoms with Crippen LogP contribution in [-0.4, -0.2) is 47.8 Å². The third-order valence-corrected chi connectivity index (χ3v) is 4.68. The fraction of sp³-hybridized carbons (Fsp3) is 0.909. The average Bonchev–Trinajstić information content (AvgIpc) is 2.11. The van der Waals surface area contributed by atoms with E-state index in [1.54, 1.807) is 20.8 Å². The highest BCUT2D eigenvalue weighted by Gasteiger charge is 2.34. The molecule has 0 aliphatic carbocycles. The topological polar surface area (TPSA) is 74.7 Å². The first-order chi connectivity index (χ1) is 8.76. The third kappa shape index (κ3) is 7.68. The molecule has 0 saturated carbocycles. The number of rotatable bonds is 7. The molecule has 0 bridgehead atoms. The summed E-state index contributed by atoms with van der Waals surface area (Å²) in [6.07, 6.45) is -6.51. The molecular formula is C11H20F3NO4S. The van der Waals surface area contributed by atoms with Gasteiger partial charge in [0.15, 0.2) is 0 Å². The van der Waals surface area contributed by atoms with Crippen molar-refractivity contribution in [3.8, 4) is 0 Å². The normalized spacial score (nSPS) is 13.8. The first-order valence-electron chi connectivity index (χ1n) is 6.05. The number of hydrogen-bond donors (Lipinski definition) is 1. The maximum atomic E-state index is 12.0. The van der Waals surface area contributed by atoms with Gasteiger partial charge in [-0.25, -0.2) is 8.42 Å². The van der Waals surface area contributed by atoms with Gasteiger partial charge in [0, 0.05) is 18.5 Å². The van der Waals surface area contributed by atoms with Crippen LogP contribution in [0.25, 0.3) is 0 Å². The molecule has 0 aliphatic rings. The molecule has 0 atom stereocenters. The summed E-state index contributed by atoms with van der Waals surface area (Å²) in [7, 11) is -3.93. The van der Waals surface area contributed by atoms with Crippen LogP contribution in [0.15, 0.2) is 0 Å². The highest BCUT2D eigenvalue weighted by molar-refractivity contribution is 7.89. The van der Waals surface area contributed by atoms with Gasteiger partial charge < -0.3 is 5.11 Å². The molecule has 0 spiro atoms. The van der Waals surface area contributed by atoms with E-state index in [-0.39, 0.29) is 6.54 Å². The van der Waals surface area contributed by atoms with Crippen LogP contribution >= 0.6 is 0 Å². The predicted molar refractivity (Wildman–Crippen MR) is 67.8 cm³/mol. The van der Waals surface area contributed by atoms with Gasteiger partial charge in [0.1, 0.15) is 0 Å². The van der Waals surface area contributed by atoms with Crippen LogP contribution in [0.5, 0.6) is 0 Å². The first-order valence-corrected chi connectivity index (χ1v) is 7.66. The second kappa shape index (κ2) is 6.75. The third-order valence-electron chi connectivity index (χ3n) is 2.48. The first kappa shape index (κ1) is 19.2. The molecule has 0 saturated heterocycles. The van der Waals surface area contributed by atoms with E-state index in [9.17, 15) is 26.4 Å². The van der Waals surface area contributed by atoms with E-state index in [1.807, 2.05) is 0 Å². The van der Waals surface area contributed by atoms with Crippen molar-refractivity contribution in [3.05, 3.63) is 0 Å². The number of alkyl halides is 3. The zero-order chi connectivity index (χ0) is 16.2. The summed E-state index contributed by atoms with van der Waals surface area (Å²) in [5.41, 5.74) is -0.882. The molecule has 9 heteroatoms. The SMILES string of the molecule is CC(C)(C)N(CCC(=O)O)S(=O)(=O)CCCC(F)(F)F. The Morgan fingerprint density at radius 3 is 2.05 bits per heavy atom. The summed E-state index contributed by atoms with van der Waals surface area (Å²) in [5.74, 6) is -1.81. The Bertz CT molecular complexity index is 426. The van der Waals surface area contributed by atoms with Crippen molar-refractivity contribution >= 4 is 16.0 Å². The van der Waals surface area contributed by atoms with Crippen molar-refractivity contribution < 1.29 is 31.5 Å². The smallest absolute Gasteiger partial charge is 0.389 e. The number of nitrogens with zero attached hydrogens (tertiary/aromatic N) is 1. The quantitative estimate of drug-likeness (QED) is 0.781. The van der Waals surface area contributed by atoms with Gasteiger partial charge in [-0.2, -0.15) is 17.5 Å². The lowest BCUT2D eigenvalue weighted by Crippen LogP contribution is -2.47. The Labute approximate surface area is 116 Å². The standard InChI is InChI=1S/C11H20F3NO4S/c1-10(2,3)15(7-5-9(16)17)20(18,19)8-4-6-11(12,13)14/h4-8H2,1-3H3,(H,16,17). The zero-order valence-corrected chi connectivity index (χ0v) is 12.5. The van der Waals surface area contributed by atoms with Gasteiger partial charge in [-0.05, 0) is 27.2 Å². The molecule has 1 N–H and O–H groups in total. The van der Waals surface area contributed by atoms with Crippen molar-refractivity contribution in [1.82, 2.24) is 4.31 Å². The second-order valence-electron chi connectivity index (χ2n) is 5.42. The number of carbonyl (C=O) groups is 1. The number of carboxylic acids is 1. The van der Waals surface area contributed by atoms with E-state index in [1.165, 1.54) is 0 Å². The Kier molecular flexibility index (Phi) is 6.47. The molecule has 0 aromatic carbocycles. The van der Waals surface area contributed by atoms with Crippen molar-refractivity contribution in [2.45, 2.75) is 51.7 Å². The van der Waals surface area contributed by atoms with Gasteiger partial charge in [-0.3, -0.25) is 4.79 Å². The largest absolute Gasteiger partial charge is 0.481 e. The molecule has 0 rings (SSSR count). The van der Waals surface area contributed by atoms with Crippen molar-refractivity contribution in [3.63, 3.8) is 0 Å². The summed E-state index contributed by atoms with van der Waals surface area (Å²) in [6, 6.07) is 0. The van der Waals surface area contributed by atoms with Crippen LogP contribution in [0, 0.1) is 0 Å². The van der Waals surface area contributed by atoms with Gasteiger partial charge >= 0.3 is 12.1 Å². The lowest BCUT2D eigenvalue weighted by molar-refractivity contribution is -0.137. The minimum Gasteiger partial charge on any atom is -0.481 e. The maximum Gasteiger partial charge on any atom is 0.389 e. The van der Waals surface area contributed by atoms with Gasteiger partial charge in [0.05, 0.1) is 12.2 Å². The minimum absolute atomic E-state index is 0.257. The van der Waals surface area contributed by atoms with Crippen molar-refractivity contribution in [1.29, 1.82) is 0 Å². The van der Waals surface area contributed by atoms with Gasteiger partial charge in [0.2, 0.25) is 10.0 Å². The van der Waals surface area contributed by atoms with Crippen LogP contribution in [0.2, 0.25) is 0 Å². The predicted octanol–water partition coefficient (Wildman–Crippen LogP) is 2.23. The second-order valence-corrected chi connectivity index (χ2v) is 7.43. The number of hydrogen-bond acceptors (Lipinski definition) is 3. The summed E-state index contributed by atoms with van der Waals surface area (Å²) in [5, 5.41) is 8.61. The van der Waals surface area contributed by atoms with Crippen LogP contribution in [0.1, 0.15) is 40.0 Å². The van der Waals surface area contributed by atoms with E-state index in [0.29, 0.717) is 0 Å². The number of sulfonamides is 1. The Morgan fingerprint density at radius 1 is 1.20 bits per heavy atom. The van der Waals surface area contributed by atoms with Crippen LogP contribution in [0.3, 0.4) is 0 Å². The van der Waals surface area contributed by atoms with Crippen LogP contribution < -0.4 is 0 Å². The fourth-order valence-electron chi connectivity index (χ4n) is 1.65. The van der Waals surface area contributed by atoms with E-state index >= 15 is 0 Å². The Morgan fingerprint density at radius 2 is 1.70 bits per heavy atom.